The van der Waals surface area contributed by atoms with Crippen molar-refractivity contribution in [2.75, 3.05) is 6.61 Å². The van der Waals surface area contributed by atoms with Crippen molar-refractivity contribution in [2.45, 2.75) is 26.1 Å². The predicted octanol–water partition coefficient (Wildman–Crippen LogP) is 4.39. The second-order valence-electron chi connectivity index (χ2n) is 5.23. The number of hydrogen-bond acceptors (Lipinski definition) is 3. The van der Waals surface area contributed by atoms with Crippen LogP contribution in [-0.2, 0) is 28.7 Å². The summed E-state index contributed by atoms with van der Waals surface area (Å²) in [6.45, 7) is 1.45. The van der Waals surface area contributed by atoms with Gasteiger partial charge in [0.05, 0.1) is 12.2 Å². The minimum atomic E-state index is -4.47. The Morgan fingerprint density at radius 3 is 2.38 bits per heavy atom. The quantitative estimate of drug-likeness (QED) is 0.733. The molecule has 0 N–H and O–H groups in total. The molecule has 0 unspecified atom stereocenters. The lowest BCUT2D eigenvalue weighted by Crippen LogP contribution is -2.08. The van der Waals surface area contributed by atoms with Gasteiger partial charge in [-0.3, -0.25) is 4.79 Å². The minimum absolute atomic E-state index is 0.0226. The summed E-state index contributed by atoms with van der Waals surface area (Å²) in [4.78, 5) is 10.8. The average molecular weight is 338 g/mol. The lowest BCUT2D eigenvalue weighted by molar-refractivity contribution is -0.141. The van der Waals surface area contributed by atoms with Gasteiger partial charge in [-0.05, 0) is 29.3 Å². The van der Waals surface area contributed by atoms with Crippen molar-refractivity contribution in [3.8, 4) is 5.75 Å². The van der Waals surface area contributed by atoms with E-state index in [4.69, 9.17) is 9.47 Å². The summed E-state index contributed by atoms with van der Waals surface area (Å²) in [6, 6.07) is 12.7. The van der Waals surface area contributed by atoms with Crippen LogP contribution in [0.3, 0.4) is 0 Å². The molecule has 24 heavy (non-hydrogen) atoms. The third-order valence-electron chi connectivity index (χ3n) is 3.24. The first-order valence-corrected chi connectivity index (χ1v) is 7.36. The van der Waals surface area contributed by atoms with Gasteiger partial charge in [-0.1, -0.05) is 30.3 Å². The van der Waals surface area contributed by atoms with E-state index in [1.807, 2.05) is 30.3 Å². The molecule has 0 aliphatic heterocycles. The van der Waals surface area contributed by atoms with Crippen LogP contribution in [0, 0.1) is 0 Å². The fraction of sp³-hybridized carbons (Fsp3) is 0.278. The molecule has 0 fully saturated rings. The van der Waals surface area contributed by atoms with E-state index in [0.717, 1.165) is 17.7 Å². The summed E-state index contributed by atoms with van der Waals surface area (Å²) in [7, 11) is 0. The van der Waals surface area contributed by atoms with E-state index in [1.165, 1.54) is 13.0 Å². The second kappa shape index (κ2) is 7.86. The maximum atomic E-state index is 13.0. The van der Waals surface area contributed by atoms with E-state index in [1.54, 1.807) is 0 Å². The Balaban J connectivity index is 2.14. The molecule has 0 radical (unpaired) electrons. The van der Waals surface area contributed by atoms with Crippen LogP contribution in [0.1, 0.15) is 23.6 Å². The molecule has 0 amide bonds. The third-order valence-corrected chi connectivity index (χ3v) is 3.24. The van der Waals surface area contributed by atoms with Crippen LogP contribution in [-0.4, -0.2) is 12.6 Å². The van der Waals surface area contributed by atoms with Crippen molar-refractivity contribution in [1.29, 1.82) is 0 Å². The van der Waals surface area contributed by atoms with Crippen molar-refractivity contribution in [3.63, 3.8) is 0 Å². The van der Waals surface area contributed by atoms with Gasteiger partial charge in [0.25, 0.3) is 0 Å². The van der Waals surface area contributed by atoms with E-state index in [2.05, 4.69) is 0 Å². The van der Waals surface area contributed by atoms with Crippen molar-refractivity contribution in [2.24, 2.45) is 0 Å². The number of rotatable bonds is 6. The molecule has 0 saturated heterocycles. The molecule has 0 heterocycles. The van der Waals surface area contributed by atoms with Crippen LogP contribution >= 0.6 is 0 Å². The van der Waals surface area contributed by atoms with Crippen molar-refractivity contribution < 1.29 is 27.4 Å². The van der Waals surface area contributed by atoms with Gasteiger partial charge in [0.15, 0.2) is 0 Å². The molecule has 0 aromatic heterocycles. The predicted molar refractivity (Wildman–Crippen MR) is 82.6 cm³/mol. The molecule has 0 bridgehead atoms. The molecular weight excluding hydrogens is 321 g/mol. The SMILES string of the molecule is CC(=O)OCCc1cc(OCc2ccccc2)cc(C(F)(F)F)c1. The minimum Gasteiger partial charge on any atom is -0.489 e. The summed E-state index contributed by atoms with van der Waals surface area (Å²) in [5.74, 6) is -0.339. The van der Waals surface area contributed by atoms with E-state index < -0.39 is 17.7 Å². The molecule has 0 atom stereocenters. The van der Waals surface area contributed by atoms with Crippen LogP contribution in [0.5, 0.6) is 5.75 Å². The molecule has 3 nitrogen and oxygen atoms in total. The van der Waals surface area contributed by atoms with Crippen LogP contribution < -0.4 is 4.74 Å². The Labute approximate surface area is 138 Å². The van der Waals surface area contributed by atoms with Gasteiger partial charge in [0.2, 0.25) is 0 Å². The van der Waals surface area contributed by atoms with Gasteiger partial charge >= 0.3 is 12.1 Å². The Kier molecular flexibility index (Phi) is 5.84. The zero-order valence-corrected chi connectivity index (χ0v) is 13.1. The molecule has 2 rings (SSSR count). The van der Waals surface area contributed by atoms with Crippen molar-refractivity contribution in [1.82, 2.24) is 0 Å². The lowest BCUT2D eigenvalue weighted by atomic mass is 10.1. The number of benzene rings is 2. The fourth-order valence-electron chi connectivity index (χ4n) is 2.11. The molecule has 6 heteroatoms. The Bertz CT molecular complexity index is 682. The largest absolute Gasteiger partial charge is 0.489 e. The molecule has 0 spiro atoms. The molecular formula is C18H17F3O3. The maximum Gasteiger partial charge on any atom is 0.416 e. The Morgan fingerprint density at radius 1 is 1.04 bits per heavy atom. The highest BCUT2D eigenvalue weighted by molar-refractivity contribution is 5.65. The molecule has 0 aliphatic rings. The normalized spacial score (nSPS) is 11.2. The first-order chi connectivity index (χ1) is 11.3. The monoisotopic (exact) mass is 338 g/mol. The summed E-state index contributed by atoms with van der Waals surface area (Å²) in [6.07, 6.45) is -4.28. The second-order valence-corrected chi connectivity index (χ2v) is 5.23. The molecule has 2 aromatic carbocycles. The van der Waals surface area contributed by atoms with Gasteiger partial charge < -0.3 is 9.47 Å². The van der Waals surface area contributed by atoms with Crippen molar-refractivity contribution >= 4 is 5.97 Å². The lowest BCUT2D eigenvalue weighted by Gasteiger charge is -2.13. The van der Waals surface area contributed by atoms with Crippen LogP contribution in [0.4, 0.5) is 13.2 Å². The number of esters is 1. The van der Waals surface area contributed by atoms with E-state index >= 15 is 0 Å². The Hall–Kier alpha value is -2.50. The van der Waals surface area contributed by atoms with Gasteiger partial charge in [0.1, 0.15) is 12.4 Å². The van der Waals surface area contributed by atoms with Gasteiger partial charge in [-0.15, -0.1) is 0 Å². The number of halogens is 3. The zero-order valence-electron chi connectivity index (χ0n) is 13.1. The number of carbonyl (C=O) groups excluding carboxylic acids is 1. The van der Waals surface area contributed by atoms with E-state index in [0.29, 0.717) is 5.56 Å². The van der Waals surface area contributed by atoms with Gasteiger partial charge in [-0.2, -0.15) is 13.2 Å². The third kappa shape index (κ3) is 5.61. The van der Waals surface area contributed by atoms with Crippen LogP contribution in [0.2, 0.25) is 0 Å². The summed E-state index contributed by atoms with van der Waals surface area (Å²) in [5.41, 5.74) is 0.469. The smallest absolute Gasteiger partial charge is 0.416 e. The summed E-state index contributed by atoms with van der Waals surface area (Å²) >= 11 is 0. The molecule has 128 valence electrons. The number of carbonyl (C=O) groups is 1. The summed E-state index contributed by atoms with van der Waals surface area (Å²) < 4.78 is 49.3. The van der Waals surface area contributed by atoms with E-state index in [9.17, 15) is 18.0 Å². The van der Waals surface area contributed by atoms with Gasteiger partial charge in [-0.25, -0.2) is 0 Å². The van der Waals surface area contributed by atoms with Gasteiger partial charge in [0, 0.05) is 13.3 Å². The Morgan fingerprint density at radius 2 is 1.75 bits per heavy atom. The van der Waals surface area contributed by atoms with Crippen LogP contribution in [0.15, 0.2) is 48.5 Å². The fourth-order valence-corrected chi connectivity index (χ4v) is 2.11. The highest BCUT2D eigenvalue weighted by Crippen LogP contribution is 2.33. The molecule has 2 aromatic rings. The van der Waals surface area contributed by atoms with Crippen LogP contribution in [0.25, 0.3) is 0 Å². The van der Waals surface area contributed by atoms with E-state index in [-0.39, 0.29) is 25.4 Å². The standard InChI is InChI=1S/C18H17F3O3/c1-13(22)23-8-7-15-9-16(18(19,20)21)11-17(10-15)24-12-14-5-3-2-4-6-14/h2-6,9-11H,7-8,12H2,1H3. The first kappa shape index (κ1) is 17.8. The highest BCUT2D eigenvalue weighted by atomic mass is 19.4. The summed E-state index contributed by atoms with van der Waals surface area (Å²) in [5, 5.41) is 0. The molecule has 0 saturated carbocycles. The maximum absolute atomic E-state index is 13.0. The molecule has 0 aliphatic carbocycles. The zero-order chi connectivity index (χ0) is 17.6. The number of hydrogen-bond donors (Lipinski definition) is 0. The average Bonchev–Trinajstić information content (AvgIpc) is 2.52. The number of ether oxygens (including phenoxy) is 2. The highest BCUT2D eigenvalue weighted by Gasteiger charge is 2.31. The first-order valence-electron chi connectivity index (χ1n) is 7.36. The van der Waals surface area contributed by atoms with Crippen molar-refractivity contribution in [3.05, 3.63) is 65.2 Å². The number of alkyl halides is 3. The topological polar surface area (TPSA) is 35.5 Å².